The van der Waals surface area contributed by atoms with Crippen LogP contribution in [-0.4, -0.2) is 12.6 Å². The van der Waals surface area contributed by atoms with Crippen molar-refractivity contribution in [2.24, 2.45) is 17.6 Å². The quantitative estimate of drug-likeness (QED) is 0.880. The third kappa shape index (κ3) is 4.32. The van der Waals surface area contributed by atoms with Crippen LogP contribution in [-0.2, 0) is 17.8 Å². The second kappa shape index (κ2) is 7.06. The fraction of sp³-hybridized carbons (Fsp3) is 0.647. The first-order valence-electron chi connectivity index (χ1n) is 7.58. The highest BCUT2D eigenvalue weighted by Gasteiger charge is 2.24. The molecule has 1 fully saturated rings. The molecule has 2 rings (SSSR count). The van der Waals surface area contributed by atoms with Crippen molar-refractivity contribution in [1.29, 1.82) is 0 Å². The predicted molar refractivity (Wildman–Crippen MR) is 80.0 cm³/mol. The first kappa shape index (κ1) is 14.5. The molecule has 0 saturated heterocycles. The Bertz CT molecular complexity index is 373. The number of hydrogen-bond acceptors (Lipinski definition) is 2. The van der Waals surface area contributed by atoms with E-state index >= 15 is 0 Å². The number of rotatable bonds is 5. The topological polar surface area (TPSA) is 35.2 Å². The van der Waals surface area contributed by atoms with Crippen LogP contribution < -0.4 is 5.73 Å². The molecule has 1 aliphatic carbocycles. The summed E-state index contributed by atoms with van der Waals surface area (Å²) in [7, 11) is 0. The van der Waals surface area contributed by atoms with E-state index in [2.05, 4.69) is 38.1 Å². The normalized spacial score (nSPS) is 27.4. The van der Waals surface area contributed by atoms with Crippen LogP contribution >= 0.6 is 0 Å². The molecule has 0 spiro atoms. The third-order valence-electron chi connectivity index (χ3n) is 4.49. The Morgan fingerprint density at radius 3 is 2.37 bits per heavy atom. The van der Waals surface area contributed by atoms with Crippen molar-refractivity contribution in [3.8, 4) is 0 Å². The molecule has 1 saturated carbocycles. The van der Waals surface area contributed by atoms with E-state index < -0.39 is 0 Å². The smallest absolute Gasteiger partial charge is 0.0720 e. The number of ether oxygens (including phenoxy) is 1. The van der Waals surface area contributed by atoms with Gasteiger partial charge in [0.05, 0.1) is 12.7 Å². The highest BCUT2D eigenvalue weighted by Crippen LogP contribution is 2.31. The molecule has 2 N–H and O–H groups in total. The number of nitrogens with two attached hydrogens (primary N) is 1. The maximum atomic E-state index is 6.06. The van der Waals surface area contributed by atoms with E-state index in [0.29, 0.717) is 12.6 Å². The van der Waals surface area contributed by atoms with Crippen molar-refractivity contribution in [3.05, 3.63) is 35.4 Å². The molecule has 0 radical (unpaired) electrons. The van der Waals surface area contributed by atoms with Gasteiger partial charge in [0.1, 0.15) is 0 Å². The molecule has 0 aliphatic heterocycles. The van der Waals surface area contributed by atoms with Gasteiger partial charge >= 0.3 is 0 Å². The van der Waals surface area contributed by atoms with Crippen LogP contribution in [0.5, 0.6) is 0 Å². The SMILES string of the molecule is CC1CCC(OCc2ccc(CCN)cc2)CC1C. The van der Waals surface area contributed by atoms with Crippen molar-refractivity contribution in [1.82, 2.24) is 0 Å². The van der Waals surface area contributed by atoms with Crippen molar-refractivity contribution in [2.75, 3.05) is 6.54 Å². The largest absolute Gasteiger partial charge is 0.374 e. The minimum atomic E-state index is 0.454. The summed E-state index contributed by atoms with van der Waals surface area (Å²) in [5, 5.41) is 0. The van der Waals surface area contributed by atoms with E-state index in [4.69, 9.17) is 10.5 Å². The minimum absolute atomic E-state index is 0.454. The van der Waals surface area contributed by atoms with Crippen molar-refractivity contribution >= 4 is 0 Å². The van der Waals surface area contributed by atoms with Gasteiger partial charge in [-0.3, -0.25) is 0 Å². The molecule has 1 aromatic carbocycles. The molecule has 19 heavy (non-hydrogen) atoms. The van der Waals surface area contributed by atoms with Crippen molar-refractivity contribution in [2.45, 2.75) is 52.2 Å². The molecule has 2 heteroatoms. The second-order valence-electron chi connectivity index (χ2n) is 6.06. The van der Waals surface area contributed by atoms with Crippen LogP contribution in [0.3, 0.4) is 0 Å². The molecule has 0 bridgehead atoms. The van der Waals surface area contributed by atoms with E-state index in [1.165, 1.54) is 30.4 Å². The molecule has 3 atom stereocenters. The lowest BCUT2D eigenvalue weighted by atomic mass is 9.80. The van der Waals surface area contributed by atoms with Gasteiger partial charge in [0.2, 0.25) is 0 Å². The first-order valence-corrected chi connectivity index (χ1v) is 7.58. The number of hydrogen-bond donors (Lipinski definition) is 1. The molecule has 1 aliphatic rings. The maximum absolute atomic E-state index is 6.06. The van der Waals surface area contributed by atoms with Gasteiger partial charge in [-0.2, -0.15) is 0 Å². The van der Waals surface area contributed by atoms with Crippen molar-refractivity contribution < 1.29 is 4.74 Å². The lowest BCUT2D eigenvalue weighted by Crippen LogP contribution is -2.26. The zero-order chi connectivity index (χ0) is 13.7. The fourth-order valence-corrected chi connectivity index (χ4v) is 2.83. The van der Waals surface area contributed by atoms with Crippen LogP contribution in [0, 0.1) is 11.8 Å². The van der Waals surface area contributed by atoms with Gasteiger partial charge in [-0.25, -0.2) is 0 Å². The van der Waals surface area contributed by atoms with E-state index in [1.54, 1.807) is 0 Å². The van der Waals surface area contributed by atoms with E-state index in [-0.39, 0.29) is 0 Å². The maximum Gasteiger partial charge on any atom is 0.0720 e. The van der Waals surface area contributed by atoms with Crippen molar-refractivity contribution in [3.63, 3.8) is 0 Å². The Labute approximate surface area is 117 Å². The summed E-state index contributed by atoms with van der Waals surface area (Å²) < 4.78 is 6.06. The molecule has 2 nitrogen and oxygen atoms in total. The summed E-state index contributed by atoms with van der Waals surface area (Å²) in [6, 6.07) is 8.66. The van der Waals surface area contributed by atoms with Gasteiger partial charge in [-0.05, 0) is 55.2 Å². The highest BCUT2D eigenvalue weighted by molar-refractivity contribution is 5.22. The fourth-order valence-electron chi connectivity index (χ4n) is 2.83. The first-order chi connectivity index (χ1) is 9.19. The van der Waals surface area contributed by atoms with Crippen LogP contribution in [0.4, 0.5) is 0 Å². The Morgan fingerprint density at radius 2 is 1.74 bits per heavy atom. The summed E-state index contributed by atoms with van der Waals surface area (Å²) in [6.45, 7) is 6.17. The van der Waals surface area contributed by atoms with Gasteiger partial charge in [-0.15, -0.1) is 0 Å². The molecule has 0 amide bonds. The molecule has 1 aromatic rings. The summed E-state index contributed by atoms with van der Waals surface area (Å²) in [5.74, 6) is 1.65. The van der Waals surface area contributed by atoms with Crippen LogP contribution in [0.2, 0.25) is 0 Å². The highest BCUT2D eigenvalue weighted by atomic mass is 16.5. The van der Waals surface area contributed by atoms with E-state index in [9.17, 15) is 0 Å². The van der Waals surface area contributed by atoms with Crippen LogP contribution in [0.25, 0.3) is 0 Å². The Kier molecular flexibility index (Phi) is 5.41. The van der Waals surface area contributed by atoms with Gasteiger partial charge < -0.3 is 10.5 Å². The van der Waals surface area contributed by atoms with Gasteiger partial charge in [0.25, 0.3) is 0 Å². The van der Waals surface area contributed by atoms with Gasteiger partial charge in [-0.1, -0.05) is 38.1 Å². The monoisotopic (exact) mass is 261 g/mol. The molecule has 106 valence electrons. The zero-order valence-corrected chi connectivity index (χ0v) is 12.3. The Morgan fingerprint density at radius 1 is 1.05 bits per heavy atom. The lowest BCUT2D eigenvalue weighted by molar-refractivity contribution is -0.00745. The van der Waals surface area contributed by atoms with E-state index in [1.807, 2.05) is 0 Å². The third-order valence-corrected chi connectivity index (χ3v) is 4.49. The van der Waals surface area contributed by atoms with Gasteiger partial charge in [0, 0.05) is 0 Å². The molecule has 0 heterocycles. The standard InChI is InChI=1S/C17H27NO/c1-13-3-8-17(11-14(13)2)19-12-16-6-4-15(5-7-16)9-10-18/h4-7,13-14,17H,3,8-12,18H2,1-2H3. The lowest BCUT2D eigenvalue weighted by Gasteiger charge is -2.32. The summed E-state index contributed by atoms with van der Waals surface area (Å²) >= 11 is 0. The van der Waals surface area contributed by atoms with Crippen LogP contribution in [0.15, 0.2) is 24.3 Å². The number of benzene rings is 1. The Balaban J connectivity index is 1.79. The molecular formula is C17H27NO. The summed E-state index contributed by atoms with van der Waals surface area (Å²) in [6.07, 6.45) is 5.15. The summed E-state index contributed by atoms with van der Waals surface area (Å²) in [4.78, 5) is 0. The zero-order valence-electron chi connectivity index (χ0n) is 12.3. The average molecular weight is 261 g/mol. The molecular weight excluding hydrogens is 234 g/mol. The van der Waals surface area contributed by atoms with E-state index in [0.717, 1.165) is 24.9 Å². The summed E-state index contributed by atoms with van der Waals surface area (Å²) in [5.41, 5.74) is 8.14. The minimum Gasteiger partial charge on any atom is -0.374 e. The Hall–Kier alpha value is -0.860. The molecule has 0 aromatic heterocycles. The van der Waals surface area contributed by atoms with Crippen LogP contribution in [0.1, 0.15) is 44.2 Å². The molecule has 3 unspecified atom stereocenters. The second-order valence-corrected chi connectivity index (χ2v) is 6.06. The average Bonchev–Trinajstić information content (AvgIpc) is 2.42. The predicted octanol–water partition coefficient (Wildman–Crippen LogP) is 3.53. The van der Waals surface area contributed by atoms with Gasteiger partial charge in [0.15, 0.2) is 0 Å².